The van der Waals surface area contributed by atoms with Crippen LogP contribution in [0, 0.1) is 0 Å². The monoisotopic (exact) mass is 556 g/mol. The molecular formula is C42H24N2. The first-order valence-electron chi connectivity index (χ1n) is 15.3. The maximum Gasteiger partial charge on any atom is 0.0620 e. The van der Waals surface area contributed by atoms with Crippen molar-refractivity contribution < 1.29 is 0 Å². The van der Waals surface area contributed by atoms with E-state index in [-0.39, 0.29) is 0 Å². The maximum absolute atomic E-state index is 2.49. The maximum atomic E-state index is 2.49. The molecule has 202 valence electrons. The molecule has 0 unspecified atom stereocenters. The zero-order chi connectivity index (χ0) is 28.5. The summed E-state index contributed by atoms with van der Waals surface area (Å²) >= 11 is 0. The molecule has 11 aromatic rings. The highest BCUT2D eigenvalue weighted by Crippen LogP contribution is 2.47. The third kappa shape index (κ3) is 2.63. The Bertz CT molecular complexity index is 2920. The fourth-order valence-corrected chi connectivity index (χ4v) is 8.27. The van der Waals surface area contributed by atoms with Gasteiger partial charge in [-0.05, 0) is 52.6 Å². The first kappa shape index (κ1) is 22.7. The summed E-state index contributed by atoms with van der Waals surface area (Å²) in [7, 11) is 0. The third-order valence-corrected chi connectivity index (χ3v) is 9.98. The van der Waals surface area contributed by atoms with Crippen molar-refractivity contribution in [2.24, 2.45) is 0 Å². The van der Waals surface area contributed by atoms with Gasteiger partial charge in [0.2, 0.25) is 0 Å². The highest BCUT2D eigenvalue weighted by Gasteiger charge is 2.23. The van der Waals surface area contributed by atoms with Crippen LogP contribution in [0.5, 0.6) is 0 Å². The molecule has 0 amide bonds. The Kier molecular flexibility index (Phi) is 4.10. The Morgan fingerprint density at radius 3 is 1.48 bits per heavy atom. The van der Waals surface area contributed by atoms with E-state index >= 15 is 0 Å². The van der Waals surface area contributed by atoms with Gasteiger partial charge in [-0.1, -0.05) is 115 Å². The van der Waals surface area contributed by atoms with Crippen molar-refractivity contribution in [1.82, 2.24) is 8.80 Å². The number of nitrogens with zero attached hydrogens (tertiary/aromatic N) is 2. The molecule has 0 aliphatic heterocycles. The van der Waals surface area contributed by atoms with Crippen LogP contribution >= 0.6 is 0 Å². The largest absolute Gasteiger partial charge is 0.308 e. The lowest BCUT2D eigenvalue weighted by molar-refractivity contribution is 1.37. The number of hydrogen-bond donors (Lipinski definition) is 0. The molecule has 0 radical (unpaired) electrons. The Hall–Kier alpha value is -5.86. The van der Waals surface area contributed by atoms with E-state index in [0.29, 0.717) is 0 Å². The van der Waals surface area contributed by atoms with Gasteiger partial charge in [-0.25, -0.2) is 0 Å². The summed E-state index contributed by atoms with van der Waals surface area (Å²) in [4.78, 5) is 0. The molecule has 0 saturated heterocycles. The second-order valence-electron chi connectivity index (χ2n) is 12.1. The van der Waals surface area contributed by atoms with Gasteiger partial charge in [0.25, 0.3) is 0 Å². The van der Waals surface area contributed by atoms with Crippen LogP contribution in [0.2, 0.25) is 0 Å². The van der Waals surface area contributed by atoms with Crippen molar-refractivity contribution in [1.29, 1.82) is 0 Å². The van der Waals surface area contributed by atoms with E-state index < -0.39 is 0 Å². The van der Waals surface area contributed by atoms with Crippen LogP contribution in [0.15, 0.2) is 146 Å². The molecule has 0 fully saturated rings. The van der Waals surface area contributed by atoms with Crippen LogP contribution in [0.3, 0.4) is 0 Å². The minimum absolute atomic E-state index is 1.25. The fraction of sp³-hybridized carbons (Fsp3) is 0. The molecule has 0 saturated carbocycles. The molecule has 0 bridgehead atoms. The first-order valence-corrected chi connectivity index (χ1v) is 15.3. The van der Waals surface area contributed by atoms with E-state index in [1.165, 1.54) is 98.4 Å². The molecule has 4 aromatic heterocycles. The number of fused-ring (bicyclic) bond motifs is 12. The van der Waals surface area contributed by atoms with Gasteiger partial charge in [0, 0.05) is 43.1 Å². The summed E-state index contributed by atoms with van der Waals surface area (Å²) in [5, 5.41) is 10.5. The molecule has 2 heteroatoms. The van der Waals surface area contributed by atoms with E-state index in [0.717, 1.165) is 0 Å². The number of hydrogen-bond acceptors (Lipinski definition) is 0. The van der Waals surface area contributed by atoms with E-state index in [1.54, 1.807) is 0 Å². The highest BCUT2D eigenvalue weighted by molar-refractivity contribution is 6.30. The van der Waals surface area contributed by atoms with Gasteiger partial charge in [0.05, 0.1) is 33.1 Å². The van der Waals surface area contributed by atoms with Gasteiger partial charge in [-0.15, -0.1) is 0 Å². The Morgan fingerprint density at radius 2 is 0.795 bits per heavy atom. The van der Waals surface area contributed by atoms with Gasteiger partial charge in [0.1, 0.15) is 0 Å². The number of aromatic nitrogens is 2. The summed E-state index contributed by atoms with van der Waals surface area (Å²) in [5.41, 5.74) is 12.8. The van der Waals surface area contributed by atoms with E-state index in [2.05, 4.69) is 154 Å². The molecule has 0 atom stereocenters. The normalized spacial score (nSPS) is 12.5. The van der Waals surface area contributed by atoms with Gasteiger partial charge in [0.15, 0.2) is 0 Å². The summed E-state index contributed by atoms with van der Waals surface area (Å²) in [6, 6.07) is 53.8. The standard InChI is InChI=1S/C42H24N2/c1-2-10-25(11-3-1)26-22-23-36-34(24-26)31-16-7-18-33-40-29(14-9-21-38(40)44(36)42(31)33)28-13-8-20-37-39(28)32-17-6-15-30-27-12-4-5-19-35(27)43(37)41(30)32/h1-24H. The highest BCUT2D eigenvalue weighted by atomic mass is 14.9. The third-order valence-electron chi connectivity index (χ3n) is 9.98. The average molecular weight is 557 g/mol. The van der Waals surface area contributed by atoms with Crippen molar-refractivity contribution in [3.63, 3.8) is 0 Å². The van der Waals surface area contributed by atoms with E-state index in [1.807, 2.05) is 0 Å². The lowest BCUT2D eigenvalue weighted by Gasteiger charge is -2.09. The predicted octanol–water partition coefficient (Wildman–Crippen LogP) is 11.3. The van der Waals surface area contributed by atoms with Crippen LogP contribution < -0.4 is 0 Å². The zero-order valence-electron chi connectivity index (χ0n) is 23.8. The predicted molar refractivity (Wildman–Crippen MR) is 187 cm³/mol. The van der Waals surface area contributed by atoms with Crippen molar-refractivity contribution in [3.8, 4) is 22.3 Å². The quantitative estimate of drug-likeness (QED) is 0.200. The molecule has 0 aliphatic rings. The van der Waals surface area contributed by atoms with Crippen LogP contribution in [-0.4, -0.2) is 8.80 Å². The van der Waals surface area contributed by atoms with Gasteiger partial charge in [-0.3, -0.25) is 0 Å². The van der Waals surface area contributed by atoms with Crippen molar-refractivity contribution in [3.05, 3.63) is 146 Å². The summed E-state index contributed by atoms with van der Waals surface area (Å²) in [5.74, 6) is 0. The Morgan fingerprint density at radius 1 is 0.295 bits per heavy atom. The number of benzene rings is 7. The molecule has 0 N–H and O–H groups in total. The van der Waals surface area contributed by atoms with Crippen molar-refractivity contribution in [2.45, 2.75) is 0 Å². The molecule has 0 spiro atoms. The van der Waals surface area contributed by atoms with Crippen molar-refractivity contribution in [2.75, 3.05) is 0 Å². The first-order chi connectivity index (χ1) is 21.9. The lowest BCUT2D eigenvalue weighted by atomic mass is 9.94. The van der Waals surface area contributed by atoms with Crippen LogP contribution in [0.1, 0.15) is 0 Å². The van der Waals surface area contributed by atoms with E-state index in [9.17, 15) is 0 Å². The molecule has 0 aliphatic carbocycles. The minimum Gasteiger partial charge on any atom is -0.308 e. The Balaban J connectivity index is 1.26. The topological polar surface area (TPSA) is 8.82 Å². The summed E-state index contributed by atoms with van der Waals surface area (Å²) in [6.45, 7) is 0. The van der Waals surface area contributed by atoms with Crippen LogP contribution in [-0.2, 0) is 0 Å². The second-order valence-corrected chi connectivity index (χ2v) is 12.1. The van der Waals surface area contributed by atoms with Crippen LogP contribution in [0.4, 0.5) is 0 Å². The van der Waals surface area contributed by atoms with Crippen LogP contribution in [0.25, 0.3) is 98.4 Å². The van der Waals surface area contributed by atoms with Crippen molar-refractivity contribution >= 4 is 76.2 Å². The smallest absolute Gasteiger partial charge is 0.0620 e. The number of para-hydroxylation sites is 3. The molecule has 11 rings (SSSR count). The average Bonchev–Trinajstić information content (AvgIpc) is 3.82. The number of rotatable bonds is 2. The van der Waals surface area contributed by atoms with E-state index in [4.69, 9.17) is 0 Å². The second kappa shape index (κ2) is 7.94. The molecule has 2 nitrogen and oxygen atoms in total. The molecule has 4 heterocycles. The summed E-state index contributed by atoms with van der Waals surface area (Å²) < 4.78 is 4.97. The summed E-state index contributed by atoms with van der Waals surface area (Å²) in [6.07, 6.45) is 0. The van der Waals surface area contributed by atoms with Gasteiger partial charge >= 0.3 is 0 Å². The minimum atomic E-state index is 1.25. The zero-order valence-corrected chi connectivity index (χ0v) is 23.8. The van der Waals surface area contributed by atoms with Gasteiger partial charge in [-0.2, -0.15) is 0 Å². The SMILES string of the molecule is c1ccc(-c2ccc3c(c2)c2cccc4c5c(-c6cccc7c6c6cccc8c9ccccc9n7c86)cccc5n3c24)cc1. The van der Waals surface area contributed by atoms with Gasteiger partial charge < -0.3 is 8.80 Å². The molecular weight excluding hydrogens is 532 g/mol. The molecule has 7 aromatic carbocycles. The Labute approximate surface area is 252 Å². The molecule has 44 heavy (non-hydrogen) atoms. The lowest BCUT2D eigenvalue weighted by Crippen LogP contribution is -1.86. The fourth-order valence-electron chi connectivity index (χ4n) is 8.27.